The predicted molar refractivity (Wildman–Crippen MR) is 87.0 cm³/mol. The molecule has 1 aliphatic heterocycles. The van der Waals surface area contributed by atoms with Crippen molar-refractivity contribution < 1.29 is 9.63 Å². The first-order valence-corrected chi connectivity index (χ1v) is 8.16. The fraction of sp³-hybridized carbons (Fsp3) is 0.529. The second-order valence-corrected chi connectivity index (χ2v) is 6.41. The summed E-state index contributed by atoms with van der Waals surface area (Å²) in [6.07, 6.45) is 1.78. The first-order valence-electron chi connectivity index (χ1n) is 8.16. The normalized spacial score (nSPS) is 20.5. The summed E-state index contributed by atoms with van der Waals surface area (Å²) < 4.78 is 6.20. The largest absolute Gasteiger partial charge is 0.441 e. The highest BCUT2D eigenvalue weighted by molar-refractivity contribution is 5.54. The van der Waals surface area contributed by atoms with E-state index < -0.39 is 11.9 Å². The molecule has 124 valence electrons. The maximum absolute atomic E-state index is 11.9. The lowest BCUT2D eigenvalue weighted by atomic mass is 10.00. The van der Waals surface area contributed by atoms with E-state index in [4.69, 9.17) is 4.52 Å². The molecular formula is C17H23N3O3. The van der Waals surface area contributed by atoms with E-state index in [0.29, 0.717) is 18.3 Å². The summed E-state index contributed by atoms with van der Waals surface area (Å²) >= 11 is 0. The van der Waals surface area contributed by atoms with Crippen LogP contribution in [-0.2, 0) is 6.54 Å². The Kier molecular flexibility index (Phi) is 4.93. The number of likely N-dealkylation sites (tertiary alicyclic amines) is 1. The second-order valence-electron chi connectivity index (χ2n) is 6.41. The van der Waals surface area contributed by atoms with Crippen LogP contribution in [0, 0.1) is 5.92 Å². The average Bonchev–Trinajstić information content (AvgIpc) is 2.89. The summed E-state index contributed by atoms with van der Waals surface area (Å²) in [6.45, 7) is 5.00. The summed E-state index contributed by atoms with van der Waals surface area (Å²) in [7, 11) is 0. The summed E-state index contributed by atoms with van der Waals surface area (Å²) in [4.78, 5) is 14.2. The highest BCUT2D eigenvalue weighted by Gasteiger charge is 2.21. The second kappa shape index (κ2) is 7.10. The van der Waals surface area contributed by atoms with Gasteiger partial charge in [0.15, 0.2) is 5.82 Å². The summed E-state index contributed by atoms with van der Waals surface area (Å²) in [5.74, 6) is 0.589. The van der Waals surface area contributed by atoms with Crippen molar-refractivity contribution in [1.29, 1.82) is 0 Å². The van der Waals surface area contributed by atoms with Crippen LogP contribution in [0.15, 0.2) is 39.6 Å². The van der Waals surface area contributed by atoms with Gasteiger partial charge in [0.05, 0.1) is 12.6 Å². The average molecular weight is 317 g/mol. The van der Waals surface area contributed by atoms with Crippen molar-refractivity contribution in [2.75, 3.05) is 19.6 Å². The summed E-state index contributed by atoms with van der Waals surface area (Å²) in [5, 5.41) is 14.2. The number of hydrogen-bond donors (Lipinski definition) is 1. The van der Waals surface area contributed by atoms with Gasteiger partial charge in [-0.25, -0.2) is 4.79 Å². The molecule has 1 aromatic carbocycles. The third-order valence-electron chi connectivity index (χ3n) is 4.32. The van der Waals surface area contributed by atoms with E-state index in [0.717, 1.165) is 25.1 Å². The zero-order chi connectivity index (χ0) is 16.2. The molecule has 1 fully saturated rings. The molecule has 0 unspecified atom stereocenters. The minimum Gasteiger partial charge on any atom is -0.390 e. The van der Waals surface area contributed by atoms with Crippen molar-refractivity contribution >= 4 is 0 Å². The predicted octanol–water partition coefficient (Wildman–Crippen LogP) is 1.60. The van der Waals surface area contributed by atoms with Crippen molar-refractivity contribution in [3.63, 3.8) is 0 Å². The van der Waals surface area contributed by atoms with E-state index in [-0.39, 0.29) is 6.54 Å². The Labute approximate surface area is 135 Å². The first-order chi connectivity index (χ1) is 11.1. The number of rotatable bonds is 5. The van der Waals surface area contributed by atoms with Gasteiger partial charge in [0.25, 0.3) is 0 Å². The van der Waals surface area contributed by atoms with Gasteiger partial charge in [-0.05, 0) is 25.3 Å². The van der Waals surface area contributed by atoms with Crippen LogP contribution in [0.4, 0.5) is 0 Å². The Hall–Kier alpha value is -1.92. The topological polar surface area (TPSA) is 71.5 Å². The molecule has 1 N–H and O–H groups in total. The smallest absolute Gasteiger partial charge is 0.390 e. The van der Waals surface area contributed by atoms with Crippen molar-refractivity contribution in [2.24, 2.45) is 5.92 Å². The molecule has 0 aliphatic carbocycles. The fourth-order valence-corrected chi connectivity index (χ4v) is 3.24. The van der Waals surface area contributed by atoms with Crippen LogP contribution in [-0.4, -0.2) is 45.5 Å². The summed E-state index contributed by atoms with van der Waals surface area (Å²) in [6, 6.07) is 9.39. The standard InChI is InChI=1S/C17H23N3O3/c1-13-6-5-9-19(10-13)11-15(21)12-20-16(18-23-17(20)22)14-7-3-2-4-8-14/h2-4,7-8,13,15,21H,5-6,9-12H2,1H3/t13-,15-/m1/s1. The number of aromatic nitrogens is 2. The van der Waals surface area contributed by atoms with Crippen molar-refractivity contribution in [3.05, 3.63) is 40.9 Å². The molecule has 0 spiro atoms. The minimum absolute atomic E-state index is 0.192. The van der Waals surface area contributed by atoms with Crippen molar-refractivity contribution in [2.45, 2.75) is 32.4 Å². The molecule has 1 aliphatic rings. The van der Waals surface area contributed by atoms with Gasteiger partial charge in [-0.2, -0.15) is 0 Å². The van der Waals surface area contributed by atoms with Gasteiger partial charge in [0, 0.05) is 18.7 Å². The van der Waals surface area contributed by atoms with Crippen molar-refractivity contribution in [1.82, 2.24) is 14.6 Å². The maximum Gasteiger partial charge on any atom is 0.441 e. The molecule has 6 nitrogen and oxygen atoms in total. The number of aliphatic hydroxyl groups is 1. The molecule has 1 aromatic heterocycles. The van der Waals surface area contributed by atoms with Crippen LogP contribution in [0.2, 0.25) is 0 Å². The lowest BCUT2D eigenvalue weighted by Crippen LogP contribution is -2.41. The third-order valence-corrected chi connectivity index (χ3v) is 4.32. The Balaban J connectivity index is 1.70. The lowest BCUT2D eigenvalue weighted by molar-refractivity contribution is 0.0756. The van der Waals surface area contributed by atoms with E-state index in [1.807, 2.05) is 30.3 Å². The Morgan fingerprint density at radius 2 is 2.13 bits per heavy atom. The molecule has 0 saturated carbocycles. The number of aliphatic hydroxyl groups excluding tert-OH is 1. The van der Waals surface area contributed by atoms with Crippen LogP contribution in [0.3, 0.4) is 0 Å². The molecule has 1 saturated heterocycles. The van der Waals surface area contributed by atoms with Crippen molar-refractivity contribution in [3.8, 4) is 11.4 Å². The first kappa shape index (κ1) is 16.0. The Bertz CT molecular complexity index is 680. The molecule has 2 heterocycles. The van der Waals surface area contributed by atoms with Gasteiger partial charge in [-0.15, -0.1) is 0 Å². The highest BCUT2D eigenvalue weighted by atomic mass is 16.5. The molecule has 6 heteroatoms. The molecule has 3 rings (SSSR count). The molecule has 0 bridgehead atoms. The third kappa shape index (κ3) is 3.89. The number of benzene rings is 1. The summed E-state index contributed by atoms with van der Waals surface area (Å²) in [5.41, 5.74) is 0.803. The maximum atomic E-state index is 11.9. The molecule has 0 radical (unpaired) electrons. The molecule has 23 heavy (non-hydrogen) atoms. The van der Waals surface area contributed by atoms with E-state index in [2.05, 4.69) is 17.0 Å². The van der Waals surface area contributed by atoms with Gasteiger partial charge < -0.3 is 10.0 Å². The molecule has 2 aromatic rings. The SMILES string of the molecule is C[C@@H]1CCCN(C[C@@H](O)Cn2c(-c3ccccc3)noc2=O)C1. The van der Waals surface area contributed by atoms with E-state index in [1.165, 1.54) is 11.0 Å². The molecule has 2 atom stereocenters. The van der Waals surface area contributed by atoms with E-state index >= 15 is 0 Å². The zero-order valence-corrected chi connectivity index (χ0v) is 13.4. The van der Waals surface area contributed by atoms with Crippen LogP contribution in [0.1, 0.15) is 19.8 Å². The van der Waals surface area contributed by atoms with Crippen LogP contribution < -0.4 is 5.76 Å². The van der Waals surface area contributed by atoms with Gasteiger partial charge in [0.2, 0.25) is 0 Å². The zero-order valence-electron chi connectivity index (χ0n) is 13.4. The van der Waals surface area contributed by atoms with Gasteiger partial charge in [-0.1, -0.05) is 42.4 Å². The number of β-amino-alcohol motifs (C(OH)–C–C–N with tert-alkyl or cyclic N) is 1. The molecular weight excluding hydrogens is 294 g/mol. The quantitative estimate of drug-likeness (QED) is 0.907. The number of piperidine rings is 1. The van der Waals surface area contributed by atoms with Gasteiger partial charge in [-0.3, -0.25) is 9.09 Å². The van der Waals surface area contributed by atoms with E-state index in [9.17, 15) is 9.90 Å². The lowest BCUT2D eigenvalue weighted by Gasteiger charge is -2.32. The Morgan fingerprint density at radius 1 is 1.35 bits per heavy atom. The van der Waals surface area contributed by atoms with Crippen LogP contribution in [0.5, 0.6) is 0 Å². The minimum atomic E-state index is -0.625. The Morgan fingerprint density at radius 3 is 2.87 bits per heavy atom. The van der Waals surface area contributed by atoms with Gasteiger partial charge in [0.1, 0.15) is 0 Å². The van der Waals surface area contributed by atoms with Crippen LogP contribution in [0.25, 0.3) is 11.4 Å². The fourth-order valence-electron chi connectivity index (χ4n) is 3.24. The van der Waals surface area contributed by atoms with Gasteiger partial charge >= 0.3 is 5.76 Å². The molecule has 0 amide bonds. The van der Waals surface area contributed by atoms with E-state index in [1.54, 1.807) is 0 Å². The monoisotopic (exact) mass is 317 g/mol. The number of nitrogens with zero attached hydrogens (tertiary/aromatic N) is 3. The number of hydrogen-bond acceptors (Lipinski definition) is 5. The highest BCUT2D eigenvalue weighted by Crippen LogP contribution is 2.17. The van der Waals surface area contributed by atoms with Crippen LogP contribution >= 0.6 is 0 Å².